The minimum absolute atomic E-state index is 0.401. The lowest BCUT2D eigenvalue weighted by atomic mass is 9.75. The Morgan fingerprint density at radius 2 is 1.74 bits per heavy atom. The Kier molecular flexibility index (Phi) is 5.41. The van der Waals surface area contributed by atoms with E-state index in [1.165, 1.54) is 36.3 Å². The van der Waals surface area contributed by atoms with E-state index in [1.807, 2.05) is 0 Å². The largest absolute Gasteiger partial charge is 0.497 e. The van der Waals surface area contributed by atoms with Crippen LogP contribution in [-0.2, 0) is 15.1 Å². The highest BCUT2D eigenvalue weighted by molar-refractivity contribution is 9.10. The van der Waals surface area contributed by atoms with E-state index in [4.69, 9.17) is 9.47 Å². The highest BCUT2D eigenvalue weighted by atomic mass is 79.9. The van der Waals surface area contributed by atoms with Crippen molar-refractivity contribution >= 4 is 27.5 Å². The van der Waals surface area contributed by atoms with Gasteiger partial charge in [-0.2, -0.15) is 0 Å². The highest BCUT2D eigenvalue weighted by Crippen LogP contribution is 2.60. The van der Waals surface area contributed by atoms with Gasteiger partial charge in [-0.15, -0.1) is 0 Å². The van der Waals surface area contributed by atoms with Crippen LogP contribution in [0.3, 0.4) is 0 Å². The van der Waals surface area contributed by atoms with E-state index in [9.17, 15) is 19.3 Å². The molecule has 5 rings (SSSR count). The van der Waals surface area contributed by atoms with Gasteiger partial charge < -0.3 is 14.4 Å². The molecule has 0 bridgehead atoms. The molecule has 0 N–H and O–H groups in total. The van der Waals surface area contributed by atoms with Crippen LogP contribution in [-0.4, -0.2) is 31.0 Å². The predicted molar refractivity (Wildman–Crippen MR) is 126 cm³/mol. The molecule has 0 aliphatic carbocycles. The molecule has 4 atom stereocenters. The number of amides is 1. The van der Waals surface area contributed by atoms with Crippen LogP contribution in [0.15, 0.2) is 71.2 Å². The van der Waals surface area contributed by atoms with Crippen LogP contribution in [0.5, 0.6) is 5.75 Å². The first-order chi connectivity index (χ1) is 16.3. The molecule has 2 aliphatic heterocycles. The van der Waals surface area contributed by atoms with Crippen molar-refractivity contribution in [2.75, 3.05) is 19.1 Å². The number of carbonyl (C=O) groups is 1. The molecule has 0 radical (unpaired) electrons. The molecule has 0 aromatic heterocycles. The maximum atomic E-state index is 13.9. The van der Waals surface area contributed by atoms with Crippen molar-refractivity contribution in [1.29, 1.82) is 0 Å². The first-order valence-electron chi connectivity index (χ1n) is 10.6. The monoisotopic (exact) mass is 526 g/mol. The molecule has 174 valence electrons. The summed E-state index contributed by atoms with van der Waals surface area (Å²) >= 11 is 3.43. The Hall–Kier alpha value is -3.30. The second kappa shape index (κ2) is 8.18. The molecule has 1 saturated heterocycles. The topological polar surface area (TPSA) is 81.9 Å². The van der Waals surface area contributed by atoms with Crippen molar-refractivity contribution in [3.8, 4) is 5.75 Å². The number of hydrogen-bond acceptors (Lipinski definition) is 5. The number of methoxy groups -OCH3 is 1. The molecule has 9 heteroatoms. The zero-order valence-electron chi connectivity index (χ0n) is 18.3. The Morgan fingerprint density at radius 3 is 2.35 bits per heavy atom. The summed E-state index contributed by atoms with van der Waals surface area (Å²) in [6.07, 6.45) is -1.03. The molecule has 2 heterocycles. The molecule has 1 amide bonds. The van der Waals surface area contributed by atoms with E-state index in [2.05, 4.69) is 15.9 Å². The van der Waals surface area contributed by atoms with Crippen LogP contribution < -0.4 is 9.64 Å². The second-order valence-corrected chi connectivity index (χ2v) is 9.29. The minimum atomic E-state index is -1.65. The number of carbonyl (C=O) groups excluding carboxylic acids is 1. The molecule has 1 spiro atoms. The molecule has 0 unspecified atom stereocenters. The van der Waals surface area contributed by atoms with Gasteiger partial charge in [0.05, 0.1) is 18.7 Å². The number of halogens is 2. The van der Waals surface area contributed by atoms with Crippen LogP contribution in [0, 0.1) is 15.9 Å². The minimum Gasteiger partial charge on any atom is -0.497 e. The Bertz CT molecular complexity index is 1280. The average Bonchev–Trinajstić information content (AvgIpc) is 3.29. The Labute approximate surface area is 203 Å². The van der Waals surface area contributed by atoms with Gasteiger partial charge in [0.1, 0.15) is 11.6 Å². The SMILES string of the molecule is COc1ccc([C@@H]2O[C@@]3(C(=O)N(C)c4cc(Br)ccc43)[C@@H](c3ccc(F)cc3)[C@@H]2[N+](=O)[O-])cc1. The van der Waals surface area contributed by atoms with Crippen molar-refractivity contribution in [2.45, 2.75) is 23.7 Å². The fraction of sp³-hybridized carbons (Fsp3) is 0.240. The van der Waals surface area contributed by atoms with Gasteiger partial charge in [0.15, 0.2) is 11.7 Å². The van der Waals surface area contributed by atoms with Crippen LogP contribution in [0.1, 0.15) is 28.7 Å². The number of nitro groups is 1. The van der Waals surface area contributed by atoms with Crippen molar-refractivity contribution < 1.29 is 23.6 Å². The summed E-state index contributed by atoms with van der Waals surface area (Å²) in [5, 5.41) is 12.5. The fourth-order valence-electron chi connectivity index (χ4n) is 5.14. The van der Waals surface area contributed by atoms with Gasteiger partial charge in [0.2, 0.25) is 0 Å². The molecule has 0 saturated carbocycles. The third kappa shape index (κ3) is 3.22. The summed E-state index contributed by atoms with van der Waals surface area (Å²) in [6, 6.07) is 16.3. The number of anilines is 1. The van der Waals surface area contributed by atoms with E-state index in [1.54, 1.807) is 49.5 Å². The number of nitrogens with zero attached hydrogens (tertiary/aromatic N) is 2. The van der Waals surface area contributed by atoms with Crippen LogP contribution in [0.4, 0.5) is 10.1 Å². The summed E-state index contributed by atoms with van der Waals surface area (Å²) in [7, 11) is 3.15. The third-order valence-electron chi connectivity index (χ3n) is 6.66. The zero-order chi connectivity index (χ0) is 24.2. The van der Waals surface area contributed by atoms with Crippen LogP contribution in [0.25, 0.3) is 0 Å². The summed E-state index contributed by atoms with van der Waals surface area (Å²) in [5.74, 6) is -1.28. The van der Waals surface area contributed by atoms with E-state index in [0.717, 1.165) is 4.47 Å². The third-order valence-corrected chi connectivity index (χ3v) is 7.16. The van der Waals surface area contributed by atoms with Crippen molar-refractivity contribution in [2.24, 2.45) is 0 Å². The maximum absolute atomic E-state index is 13.9. The van der Waals surface area contributed by atoms with Gasteiger partial charge in [0.25, 0.3) is 11.9 Å². The Balaban J connectivity index is 1.76. The number of ether oxygens (including phenoxy) is 2. The average molecular weight is 527 g/mol. The normalized spacial score (nSPS) is 25.6. The van der Waals surface area contributed by atoms with Gasteiger partial charge in [-0.1, -0.05) is 46.3 Å². The molecule has 7 nitrogen and oxygen atoms in total. The van der Waals surface area contributed by atoms with Gasteiger partial charge >= 0.3 is 0 Å². The second-order valence-electron chi connectivity index (χ2n) is 8.38. The number of rotatable bonds is 4. The molecule has 1 fully saturated rings. The number of likely N-dealkylation sites (N-methyl/N-ethyl adjacent to an activating group) is 1. The molecular weight excluding hydrogens is 507 g/mol. The number of benzene rings is 3. The maximum Gasteiger partial charge on any atom is 0.264 e. The van der Waals surface area contributed by atoms with Crippen LogP contribution in [0.2, 0.25) is 0 Å². The fourth-order valence-corrected chi connectivity index (χ4v) is 5.49. The summed E-state index contributed by atoms with van der Waals surface area (Å²) < 4.78 is 26.3. The van der Waals surface area contributed by atoms with Gasteiger partial charge in [0, 0.05) is 22.0 Å². The molecule has 34 heavy (non-hydrogen) atoms. The van der Waals surface area contributed by atoms with Crippen molar-refractivity contribution in [3.05, 3.63) is 104 Å². The predicted octanol–water partition coefficient (Wildman–Crippen LogP) is 4.97. The van der Waals surface area contributed by atoms with E-state index in [0.29, 0.717) is 28.1 Å². The summed E-state index contributed by atoms with van der Waals surface area (Å²) in [6.45, 7) is 0. The molecule has 3 aromatic rings. The van der Waals surface area contributed by atoms with Gasteiger partial charge in [-0.05, 0) is 47.5 Å². The molecule has 2 aliphatic rings. The standard InChI is InChI=1S/C25H20BrFN2O5/c1-28-20-13-16(26)7-12-19(20)25(24(28)30)21(14-3-8-17(27)9-4-14)22(29(31)32)23(34-25)15-5-10-18(33-2)11-6-15/h3-13,21-23H,1-2H3/t21-,22-,23-,25+/m0/s1. The lowest BCUT2D eigenvalue weighted by Gasteiger charge is -2.29. The van der Waals surface area contributed by atoms with Gasteiger partial charge in [-0.3, -0.25) is 14.9 Å². The summed E-state index contributed by atoms with van der Waals surface area (Å²) in [5.41, 5.74) is 0.499. The lowest BCUT2D eigenvalue weighted by molar-refractivity contribution is -0.531. The number of fused-ring (bicyclic) bond motifs is 2. The van der Waals surface area contributed by atoms with Crippen molar-refractivity contribution in [3.63, 3.8) is 0 Å². The molecule has 3 aromatic carbocycles. The summed E-state index contributed by atoms with van der Waals surface area (Å²) in [4.78, 5) is 27.5. The number of hydrogen-bond donors (Lipinski definition) is 0. The highest BCUT2D eigenvalue weighted by Gasteiger charge is 2.69. The molecular formula is C25H20BrFN2O5. The van der Waals surface area contributed by atoms with Gasteiger partial charge in [-0.25, -0.2) is 4.39 Å². The van der Waals surface area contributed by atoms with Crippen molar-refractivity contribution in [1.82, 2.24) is 0 Å². The van der Waals surface area contributed by atoms with Crippen LogP contribution >= 0.6 is 15.9 Å². The van der Waals surface area contributed by atoms with E-state index >= 15 is 0 Å². The lowest BCUT2D eigenvalue weighted by Crippen LogP contribution is -2.44. The van der Waals surface area contributed by atoms with E-state index in [-0.39, 0.29) is 0 Å². The zero-order valence-corrected chi connectivity index (χ0v) is 19.9. The van der Waals surface area contributed by atoms with E-state index < -0.39 is 40.3 Å². The smallest absolute Gasteiger partial charge is 0.264 e. The first kappa shape index (κ1) is 22.5. The quantitative estimate of drug-likeness (QED) is 0.354. The Morgan fingerprint density at radius 1 is 1.09 bits per heavy atom. The first-order valence-corrected chi connectivity index (χ1v) is 11.4.